The first kappa shape index (κ1) is 16.9. The Morgan fingerprint density at radius 2 is 1.84 bits per heavy atom. The van der Waals surface area contributed by atoms with Gasteiger partial charge in [0.1, 0.15) is 0 Å². The summed E-state index contributed by atoms with van der Waals surface area (Å²) >= 11 is 0. The predicted molar refractivity (Wildman–Crippen MR) is 77.6 cm³/mol. The molecule has 0 aliphatic heterocycles. The summed E-state index contributed by atoms with van der Waals surface area (Å²) in [6.07, 6.45) is 3.99. The maximum Gasteiger partial charge on any atom is 0.0990 e. The molecule has 0 aromatic carbocycles. The Kier molecular flexibility index (Phi) is 8.62. The fraction of sp³-hybridized carbons (Fsp3) is 1.00. The van der Waals surface area contributed by atoms with E-state index in [0.717, 1.165) is 32.4 Å². The van der Waals surface area contributed by atoms with Crippen LogP contribution in [0.3, 0.4) is 0 Å². The van der Waals surface area contributed by atoms with Gasteiger partial charge in [0.2, 0.25) is 0 Å². The van der Waals surface area contributed by atoms with Crippen LogP contribution in [-0.4, -0.2) is 50.7 Å². The minimum absolute atomic E-state index is 0.213. The molecule has 0 aromatic heterocycles. The lowest BCUT2D eigenvalue weighted by molar-refractivity contribution is -0.154. The van der Waals surface area contributed by atoms with Crippen LogP contribution in [0.2, 0.25) is 0 Å². The van der Waals surface area contributed by atoms with Gasteiger partial charge in [-0.05, 0) is 39.7 Å². The van der Waals surface area contributed by atoms with Gasteiger partial charge in [-0.2, -0.15) is 0 Å². The standard InChI is InChI=1S/C15H31NO3/c1-5-7-16-13-11-14(15(13)19-8-6-2)18-10-9-17-12(3)4/h12-16H,5-11H2,1-4H3. The zero-order chi connectivity index (χ0) is 14.1. The van der Waals surface area contributed by atoms with Gasteiger partial charge in [-0.25, -0.2) is 0 Å². The molecule has 3 atom stereocenters. The maximum absolute atomic E-state index is 5.90. The molecule has 0 saturated heterocycles. The van der Waals surface area contributed by atoms with E-state index in [0.29, 0.717) is 19.3 Å². The third kappa shape index (κ3) is 6.21. The predicted octanol–water partition coefficient (Wildman–Crippen LogP) is 2.36. The van der Waals surface area contributed by atoms with Crippen LogP contribution in [0.4, 0.5) is 0 Å². The van der Waals surface area contributed by atoms with Crippen LogP contribution in [0.1, 0.15) is 47.0 Å². The molecule has 3 unspecified atom stereocenters. The van der Waals surface area contributed by atoms with E-state index in [1.165, 1.54) is 0 Å². The lowest BCUT2D eigenvalue weighted by Crippen LogP contribution is -2.60. The quantitative estimate of drug-likeness (QED) is 0.587. The molecule has 19 heavy (non-hydrogen) atoms. The van der Waals surface area contributed by atoms with Gasteiger partial charge in [0.25, 0.3) is 0 Å². The number of hydrogen-bond acceptors (Lipinski definition) is 4. The molecule has 4 nitrogen and oxygen atoms in total. The van der Waals surface area contributed by atoms with Gasteiger partial charge >= 0.3 is 0 Å². The molecule has 0 heterocycles. The van der Waals surface area contributed by atoms with Gasteiger partial charge in [0, 0.05) is 12.6 Å². The Morgan fingerprint density at radius 1 is 1.05 bits per heavy atom. The molecule has 1 fully saturated rings. The lowest BCUT2D eigenvalue weighted by Gasteiger charge is -2.44. The summed E-state index contributed by atoms with van der Waals surface area (Å²) in [6, 6.07) is 0.461. The lowest BCUT2D eigenvalue weighted by atomic mass is 9.85. The first-order chi connectivity index (χ1) is 9.19. The van der Waals surface area contributed by atoms with Gasteiger partial charge in [-0.3, -0.25) is 0 Å². The zero-order valence-corrected chi connectivity index (χ0v) is 13.0. The topological polar surface area (TPSA) is 39.7 Å². The van der Waals surface area contributed by atoms with Crippen LogP contribution >= 0.6 is 0 Å². The van der Waals surface area contributed by atoms with E-state index < -0.39 is 0 Å². The van der Waals surface area contributed by atoms with Gasteiger partial charge in [-0.1, -0.05) is 13.8 Å². The zero-order valence-electron chi connectivity index (χ0n) is 13.0. The molecular formula is C15H31NO3. The van der Waals surface area contributed by atoms with Gasteiger partial charge in [-0.15, -0.1) is 0 Å². The highest BCUT2D eigenvalue weighted by molar-refractivity contribution is 4.97. The normalized spacial score (nSPS) is 26.7. The molecule has 4 heteroatoms. The molecule has 0 aromatic rings. The highest BCUT2D eigenvalue weighted by Gasteiger charge is 2.42. The van der Waals surface area contributed by atoms with E-state index >= 15 is 0 Å². The Balaban J connectivity index is 2.20. The van der Waals surface area contributed by atoms with Gasteiger partial charge in [0.05, 0.1) is 31.5 Å². The average molecular weight is 273 g/mol. The Hall–Kier alpha value is -0.160. The minimum atomic E-state index is 0.213. The summed E-state index contributed by atoms with van der Waals surface area (Å²) in [5, 5.41) is 3.53. The fourth-order valence-corrected chi connectivity index (χ4v) is 2.23. The molecule has 1 aliphatic carbocycles. The number of nitrogens with one attached hydrogen (secondary N) is 1. The molecule has 1 saturated carbocycles. The molecule has 0 amide bonds. The van der Waals surface area contributed by atoms with E-state index in [2.05, 4.69) is 19.2 Å². The number of rotatable bonds is 11. The van der Waals surface area contributed by atoms with E-state index in [-0.39, 0.29) is 18.3 Å². The van der Waals surface area contributed by atoms with Crippen molar-refractivity contribution < 1.29 is 14.2 Å². The summed E-state index contributed by atoms with van der Waals surface area (Å²) < 4.78 is 17.2. The summed E-state index contributed by atoms with van der Waals surface area (Å²) in [4.78, 5) is 0. The summed E-state index contributed by atoms with van der Waals surface area (Å²) in [6.45, 7) is 11.6. The fourth-order valence-electron chi connectivity index (χ4n) is 2.23. The molecule has 1 N–H and O–H groups in total. The molecular weight excluding hydrogens is 242 g/mol. The van der Waals surface area contributed by atoms with E-state index in [9.17, 15) is 0 Å². The van der Waals surface area contributed by atoms with Crippen molar-refractivity contribution in [2.45, 2.75) is 71.3 Å². The van der Waals surface area contributed by atoms with Gasteiger partial charge in [0.15, 0.2) is 0 Å². The van der Waals surface area contributed by atoms with Crippen molar-refractivity contribution in [3.05, 3.63) is 0 Å². The number of hydrogen-bond donors (Lipinski definition) is 1. The van der Waals surface area contributed by atoms with Crippen molar-refractivity contribution in [3.8, 4) is 0 Å². The molecule has 0 bridgehead atoms. The van der Waals surface area contributed by atoms with Crippen LogP contribution in [-0.2, 0) is 14.2 Å². The van der Waals surface area contributed by atoms with E-state index in [4.69, 9.17) is 14.2 Å². The van der Waals surface area contributed by atoms with Crippen LogP contribution < -0.4 is 5.32 Å². The van der Waals surface area contributed by atoms with E-state index in [1.807, 2.05) is 13.8 Å². The smallest absolute Gasteiger partial charge is 0.0990 e. The second-order valence-corrected chi connectivity index (χ2v) is 5.46. The molecule has 1 rings (SSSR count). The van der Waals surface area contributed by atoms with Crippen molar-refractivity contribution in [2.75, 3.05) is 26.4 Å². The third-order valence-electron chi connectivity index (χ3n) is 3.29. The Morgan fingerprint density at radius 3 is 2.47 bits per heavy atom. The average Bonchev–Trinajstić information content (AvgIpc) is 2.36. The van der Waals surface area contributed by atoms with Crippen LogP contribution in [0.15, 0.2) is 0 Å². The highest BCUT2D eigenvalue weighted by atomic mass is 16.6. The van der Waals surface area contributed by atoms with Crippen molar-refractivity contribution in [2.24, 2.45) is 0 Å². The minimum Gasteiger partial charge on any atom is -0.376 e. The highest BCUT2D eigenvalue weighted by Crippen LogP contribution is 2.27. The summed E-state index contributed by atoms with van der Waals surface area (Å²) in [7, 11) is 0. The first-order valence-electron chi connectivity index (χ1n) is 7.77. The van der Waals surface area contributed by atoms with Gasteiger partial charge < -0.3 is 19.5 Å². The van der Waals surface area contributed by atoms with Crippen molar-refractivity contribution in [3.63, 3.8) is 0 Å². The number of ether oxygens (including phenoxy) is 3. The van der Waals surface area contributed by atoms with Crippen LogP contribution in [0, 0.1) is 0 Å². The molecule has 0 spiro atoms. The molecule has 0 radical (unpaired) electrons. The first-order valence-corrected chi connectivity index (χ1v) is 7.77. The molecule has 114 valence electrons. The Labute approximate surface area is 118 Å². The van der Waals surface area contributed by atoms with Crippen LogP contribution in [0.25, 0.3) is 0 Å². The van der Waals surface area contributed by atoms with Crippen LogP contribution in [0.5, 0.6) is 0 Å². The van der Waals surface area contributed by atoms with E-state index in [1.54, 1.807) is 0 Å². The SMILES string of the molecule is CCCNC1CC(OCCOC(C)C)C1OCCC. The maximum atomic E-state index is 5.90. The monoisotopic (exact) mass is 273 g/mol. The third-order valence-corrected chi connectivity index (χ3v) is 3.29. The Bertz CT molecular complexity index is 223. The second kappa shape index (κ2) is 9.70. The molecule has 1 aliphatic rings. The van der Waals surface area contributed by atoms with Crippen molar-refractivity contribution in [1.82, 2.24) is 5.32 Å². The largest absolute Gasteiger partial charge is 0.376 e. The van der Waals surface area contributed by atoms with Crippen molar-refractivity contribution >= 4 is 0 Å². The second-order valence-electron chi connectivity index (χ2n) is 5.46. The summed E-state index contributed by atoms with van der Waals surface area (Å²) in [5.74, 6) is 0. The van der Waals surface area contributed by atoms with Crippen molar-refractivity contribution in [1.29, 1.82) is 0 Å². The summed E-state index contributed by atoms with van der Waals surface area (Å²) in [5.41, 5.74) is 0.